The van der Waals surface area contributed by atoms with Gasteiger partial charge in [0.25, 0.3) is 0 Å². The highest BCUT2D eigenvalue weighted by molar-refractivity contribution is 5.15. The van der Waals surface area contributed by atoms with Crippen LogP contribution in [0.15, 0.2) is 24.3 Å². The molecule has 16 heavy (non-hydrogen) atoms. The molecule has 0 radical (unpaired) electrons. The topological polar surface area (TPSA) is 18.5 Å². The summed E-state index contributed by atoms with van der Waals surface area (Å²) in [4.78, 5) is 0. The third kappa shape index (κ3) is 4.50. The summed E-state index contributed by atoms with van der Waals surface area (Å²) in [5, 5.41) is 0. The third-order valence-electron chi connectivity index (χ3n) is 2.69. The Kier molecular flexibility index (Phi) is 6.43. The molecular formula is C14H24O2. The van der Waals surface area contributed by atoms with Crippen LogP contribution in [-0.2, 0) is 9.47 Å². The van der Waals surface area contributed by atoms with E-state index in [1.807, 2.05) is 18.2 Å². The summed E-state index contributed by atoms with van der Waals surface area (Å²) in [7, 11) is 0. The molecule has 0 heterocycles. The lowest BCUT2D eigenvalue weighted by atomic mass is 10.1. The van der Waals surface area contributed by atoms with Crippen LogP contribution in [0.5, 0.6) is 0 Å². The quantitative estimate of drug-likeness (QED) is 0.461. The van der Waals surface area contributed by atoms with E-state index in [9.17, 15) is 0 Å². The molecule has 0 fully saturated rings. The van der Waals surface area contributed by atoms with Gasteiger partial charge in [-0.1, -0.05) is 44.9 Å². The summed E-state index contributed by atoms with van der Waals surface area (Å²) in [6.07, 6.45) is 13.5. The van der Waals surface area contributed by atoms with E-state index in [1.165, 1.54) is 0 Å². The molecule has 0 N–H and O–H groups in total. The number of hydrogen-bond donors (Lipinski definition) is 0. The minimum atomic E-state index is -0.487. The molecule has 0 saturated carbocycles. The van der Waals surface area contributed by atoms with Crippen molar-refractivity contribution in [2.24, 2.45) is 0 Å². The molecule has 0 aliphatic heterocycles. The first kappa shape index (κ1) is 13.5. The number of allylic oxidation sites excluding steroid dienone is 2. The average Bonchev–Trinajstić information content (AvgIpc) is 2.31. The second kappa shape index (κ2) is 7.64. The molecule has 0 saturated heterocycles. The number of ether oxygens (including phenoxy) is 2. The van der Waals surface area contributed by atoms with E-state index in [1.54, 1.807) is 0 Å². The first-order chi connectivity index (χ1) is 7.83. The van der Waals surface area contributed by atoms with Crippen LogP contribution in [0.1, 0.15) is 46.0 Å². The van der Waals surface area contributed by atoms with E-state index >= 15 is 0 Å². The van der Waals surface area contributed by atoms with Gasteiger partial charge in [0.05, 0.1) is 13.2 Å². The summed E-state index contributed by atoms with van der Waals surface area (Å²) < 4.78 is 11.8. The second-order valence-corrected chi connectivity index (χ2v) is 4.21. The molecule has 0 spiro atoms. The smallest absolute Gasteiger partial charge is 0.191 e. The van der Waals surface area contributed by atoms with Crippen molar-refractivity contribution in [3.05, 3.63) is 24.3 Å². The van der Waals surface area contributed by atoms with Crippen LogP contribution in [0.3, 0.4) is 0 Å². The Morgan fingerprint density at radius 2 is 1.62 bits per heavy atom. The first-order valence-electron chi connectivity index (χ1n) is 6.45. The minimum absolute atomic E-state index is 0.487. The van der Waals surface area contributed by atoms with E-state index in [-0.39, 0.29) is 0 Å². The Bertz CT molecular complexity index is 221. The fourth-order valence-electron chi connectivity index (χ4n) is 1.62. The van der Waals surface area contributed by atoms with Gasteiger partial charge in [0, 0.05) is 6.42 Å². The molecule has 1 aliphatic carbocycles. The zero-order chi connectivity index (χ0) is 11.7. The summed E-state index contributed by atoms with van der Waals surface area (Å²) in [5.41, 5.74) is 0. The summed E-state index contributed by atoms with van der Waals surface area (Å²) in [5.74, 6) is -0.487. The zero-order valence-corrected chi connectivity index (χ0v) is 10.6. The maximum Gasteiger partial charge on any atom is 0.191 e. The second-order valence-electron chi connectivity index (χ2n) is 4.21. The molecule has 0 atom stereocenters. The van der Waals surface area contributed by atoms with Crippen molar-refractivity contribution in [3.63, 3.8) is 0 Å². The zero-order valence-electron chi connectivity index (χ0n) is 10.6. The van der Waals surface area contributed by atoms with Crippen LogP contribution in [0.4, 0.5) is 0 Å². The molecule has 0 aromatic carbocycles. The maximum atomic E-state index is 5.90. The Balaban J connectivity index is 2.41. The van der Waals surface area contributed by atoms with Gasteiger partial charge in [0.1, 0.15) is 0 Å². The van der Waals surface area contributed by atoms with Crippen LogP contribution in [0, 0.1) is 0 Å². The molecular weight excluding hydrogens is 200 g/mol. The SMILES string of the molecule is CCCCOC1(OCCCC)C=CC=CC1. The maximum absolute atomic E-state index is 5.90. The number of unbranched alkanes of at least 4 members (excludes halogenated alkanes) is 2. The highest BCUT2D eigenvalue weighted by Crippen LogP contribution is 2.24. The third-order valence-corrected chi connectivity index (χ3v) is 2.69. The highest BCUT2D eigenvalue weighted by Gasteiger charge is 2.28. The van der Waals surface area contributed by atoms with Crippen molar-refractivity contribution in [3.8, 4) is 0 Å². The van der Waals surface area contributed by atoms with Gasteiger partial charge in [0.2, 0.25) is 0 Å². The lowest BCUT2D eigenvalue weighted by Gasteiger charge is -2.31. The van der Waals surface area contributed by atoms with E-state index in [0.29, 0.717) is 0 Å². The Morgan fingerprint density at radius 3 is 2.06 bits per heavy atom. The highest BCUT2D eigenvalue weighted by atomic mass is 16.7. The number of rotatable bonds is 8. The number of hydrogen-bond acceptors (Lipinski definition) is 2. The van der Waals surface area contributed by atoms with Gasteiger partial charge < -0.3 is 9.47 Å². The van der Waals surface area contributed by atoms with Crippen molar-refractivity contribution in [1.82, 2.24) is 0 Å². The molecule has 0 bridgehead atoms. The van der Waals surface area contributed by atoms with Crippen molar-refractivity contribution >= 4 is 0 Å². The predicted molar refractivity (Wildman–Crippen MR) is 67.3 cm³/mol. The van der Waals surface area contributed by atoms with Crippen molar-refractivity contribution in [2.75, 3.05) is 13.2 Å². The predicted octanol–water partition coefficient (Wildman–Crippen LogP) is 3.83. The van der Waals surface area contributed by atoms with Crippen LogP contribution >= 0.6 is 0 Å². The van der Waals surface area contributed by atoms with Crippen LogP contribution in [-0.4, -0.2) is 19.0 Å². The molecule has 1 aliphatic rings. The molecule has 2 nitrogen and oxygen atoms in total. The molecule has 92 valence electrons. The minimum Gasteiger partial charge on any atom is -0.346 e. The molecule has 1 rings (SSSR count). The van der Waals surface area contributed by atoms with Crippen LogP contribution < -0.4 is 0 Å². The average molecular weight is 224 g/mol. The van der Waals surface area contributed by atoms with Gasteiger partial charge in [-0.2, -0.15) is 0 Å². The monoisotopic (exact) mass is 224 g/mol. The standard InChI is InChI=1S/C14H24O2/c1-3-5-12-15-14(16-13-6-4-2)10-8-7-9-11-14/h7-10H,3-6,11-13H2,1-2H3. The van der Waals surface area contributed by atoms with Gasteiger partial charge in [-0.3, -0.25) is 0 Å². The van der Waals surface area contributed by atoms with Crippen LogP contribution in [0.25, 0.3) is 0 Å². The van der Waals surface area contributed by atoms with E-state index in [2.05, 4.69) is 19.9 Å². The van der Waals surface area contributed by atoms with Gasteiger partial charge in [-0.05, 0) is 18.9 Å². The summed E-state index contributed by atoms with van der Waals surface area (Å²) in [6, 6.07) is 0. The van der Waals surface area contributed by atoms with Crippen molar-refractivity contribution < 1.29 is 9.47 Å². The lowest BCUT2D eigenvalue weighted by molar-refractivity contribution is -0.203. The molecule has 0 aromatic rings. The van der Waals surface area contributed by atoms with Gasteiger partial charge in [0.15, 0.2) is 5.79 Å². The Morgan fingerprint density at radius 1 is 1.00 bits per heavy atom. The first-order valence-corrected chi connectivity index (χ1v) is 6.45. The van der Waals surface area contributed by atoms with Crippen molar-refractivity contribution in [1.29, 1.82) is 0 Å². The fourth-order valence-corrected chi connectivity index (χ4v) is 1.62. The van der Waals surface area contributed by atoms with Crippen molar-refractivity contribution in [2.45, 2.75) is 51.7 Å². The van der Waals surface area contributed by atoms with E-state index in [0.717, 1.165) is 45.3 Å². The van der Waals surface area contributed by atoms with Crippen LogP contribution in [0.2, 0.25) is 0 Å². The molecule has 2 heteroatoms. The normalized spacial score (nSPS) is 17.9. The summed E-state index contributed by atoms with van der Waals surface area (Å²) in [6.45, 7) is 5.90. The lowest BCUT2D eigenvalue weighted by Crippen LogP contribution is -2.35. The molecule has 0 amide bonds. The van der Waals surface area contributed by atoms with E-state index in [4.69, 9.17) is 9.47 Å². The molecule has 0 aromatic heterocycles. The fraction of sp³-hybridized carbons (Fsp3) is 0.714. The Labute approximate surface area is 99.3 Å². The Hall–Kier alpha value is -0.600. The van der Waals surface area contributed by atoms with Gasteiger partial charge in [-0.15, -0.1) is 0 Å². The molecule has 0 unspecified atom stereocenters. The van der Waals surface area contributed by atoms with E-state index < -0.39 is 5.79 Å². The largest absolute Gasteiger partial charge is 0.346 e. The van der Waals surface area contributed by atoms with Gasteiger partial charge in [-0.25, -0.2) is 0 Å². The summed E-state index contributed by atoms with van der Waals surface area (Å²) >= 11 is 0. The van der Waals surface area contributed by atoms with Gasteiger partial charge >= 0.3 is 0 Å².